The van der Waals surface area contributed by atoms with Crippen molar-refractivity contribution in [3.63, 3.8) is 0 Å². The van der Waals surface area contributed by atoms with Crippen molar-refractivity contribution in [1.29, 1.82) is 0 Å². The predicted octanol–water partition coefficient (Wildman–Crippen LogP) is 3.40. The Balaban J connectivity index is 2.61. The normalized spacial score (nSPS) is 20.9. The SMILES string of the molecule is CCCC[Si](OCC)(OCC)OC(C)C(CC)OCC1CO1. The summed E-state index contributed by atoms with van der Waals surface area (Å²) in [5.41, 5.74) is 0. The monoisotopic (exact) mass is 334 g/mol. The molecule has 0 aromatic carbocycles. The van der Waals surface area contributed by atoms with E-state index in [1.54, 1.807) is 0 Å². The molecule has 1 fully saturated rings. The highest BCUT2D eigenvalue weighted by molar-refractivity contribution is 6.60. The van der Waals surface area contributed by atoms with Gasteiger partial charge in [-0.05, 0) is 33.6 Å². The molecule has 132 valence electrons. The Labute approximate surface area is 137 Å². The van der Waals surface area contributed by atoms with Crippen molar-refractivity contribution in [3.8, 4) is 0 Å². The summed E-state index contributed by atoms with van der Waals surface area (Å²) in [5, 5.41) is 0. The summed E-state index contributed by atoms with van der Waals surface area (Å²) in [4.78, 5) is 0. The third-order valence-corrected chi connectivity index (χ3v) is 6.91. The largest absolute Gasteiger partial charge is 0.501 e. The van der Waals surface area contributed by atoms with Gasteiger partial charge in [0.05, 0.1) is 25.4 Å². The maximum Gasteiger partial charge on any atom is 0.501 e. The fraction of sp³-hybridized carbons (Fsp3) is 1.00. The fourth-order valence-corrected chi connectivity index (χ4v) is 5.50. The minimum absolute atomic E-state index is 0.0367. The van der Waals surface area contributed by atoms with Crippen LogP contribution in [0.25, 0.3) is 0 Å². The van der Waals surface area contributed by atoms with Crippen LogP contribution < -0.4 is 0 Å². The smallest absolute Gasteiger partial charge is 0.374 e. The van der Waals surface area contributed by atoms with Crippen molar-refractivity contribution in [2.45, 2.75) is 78.2 Å². The Morgan fingerprint density at radius 2 is 1.77 bits per heavy atom. The van der Waals surface area contributed by atoms with E-state index in [4.69, 9.17) is 22.8 Å². The number of hydrogen-bond acceptors (Lipinski definition) is 5. The molecule has 0 saturated carbocycles. The highest BCUT2D eigenvalue weighted by Crippen LogP contribution is 2.24. The van der Waals surface area contributed by atoms with Crippen LogP contribution in [0.3, 0.4) is 0 Å². The van der Waals surface area contributed by atoms with Crippen LogP contribution in [0, 0.1) is 0 Å². The molecule has 0 amide bonds. The van der Waals surface area contributed by atoms with Gasteiger partial charge in [-0.2, -0.15) is 0 Å². The summed E-state index contributed by atoms with van der Waals surface area (Å²) in [6.45, 7) is 13.1. The highest BCUT2D eigenvalue weighted by atomic mass is 28.4. The Morgan fingerprint density at radius 3 is 2.23 bits per heavy atom. The number of unbranched alkanes of at least 4 members (excludes halogenated alkanes) is 1. The van der Waals surface area contributed by atoms with E-state index in [-0.39, 0.29) is 18.3 Å². The zero-order valence-corrected chi connectivity index (χ0v) is 15.9. The van der Waals surface area contributed by atoms with Gasteiger partial charge in [-0.3, -0.25) is 0 Å². The van der Waals surface area contributed by atoms with E-state index in [0.717, 1.165) is 31.9 Å². The van der Waals surface area contributed by atoms with Gasteiger partial charge < -0.3 is 22.8 Å². The van der Waals surface area contributed by atoms with Gasteiger partial charge in [0.2, 0.25) is 0 Å². The molecular weight excluding hydrogens is 300 g/mol. The minimum atomic E-state index is -2.61. The summed E-state index contributed by atoms with van der Waals surface area (Å²) in [5.74, 6) is 0. The van der Waals surface area contributed by atoms with Crippen molar-refractivity contribution in [2.75, 3.05) is 26.4 Å². The first kappa shape index (κ1) is 20.1. The molecule has 0 spiro atoms. The second kappa shape index (κ2) is 10.7. The van der Waals surface area contributed by atoms with E-state index in [9.17, 15) is 0 Å². The van der Waals surface area contributed by atoms with Crippen LogP contribution in [-0.2, 0) is 22.8 Å². The zero-order chi connectivity index (χ0) is 16.4. The van der Waals surface area contributed by atoms with Gasteiger partial charge >= 0.3 is 8.80 Å². The van der Waals surface area contributed by atoms with E-state index < -0.39 is 8.80 Å². The third-order valence-electron chi connectivity index (χ3n) is 3.75. The fourth-order valence-electron chi connectivity index (χ4n) is 2.49. The van der Waals surface area contributed by atoms with E-state index in [2.05, 4.69) is 20.8 Å². The summed E-state index contributed by atoms with van der Waals surface area (Å²) in [7, 11) is -2.61. The van der Waals surface area contributed by atoms with Crippen LogP contribution in [0.5, 0.6) is 0 Å². The molecule has 1 rings (SSSR count). The molecule has 1 aliphatic rings. The summed E-state index contributed by atoms with van der Waals surface area (Å²) in [6, 6.07) is 0.873. The van der Waals surface area contributed by atoms with Crippen LogP contribution in [0.4, 0.5) is 0 Å². The lowest BCUT2D eigenvalue weighted by molar-refractivity contribution is -0.0580. The summed E-state index contributed by atoms with van der Waals surface area (Å²) >= 11 is 0. The van der Waals surface area contributed by atoms with Crippen LogP contribution in [0.1, 0.15) is 53.9 Å². The molecule has 22 heavy (non-hydrogen) atoms. The van der Waals surface area contributed by atoms with E-state index in [1.807, 2.05) is 13.8 Å². The number of rotatable bonds is 14. The van der Waals surface area contributed by atoms with E-state index in [0.29, 0.717) is 19.8 Å². The molecule has 5 nitrogen and oxygen atoms in total. The Hall–Kier alpha value is 0.0169. The maximum absolute atomic E-state index is 6.36. The van der Waals surface area contributed by atoms with Gasteiger partial charge in [0.1, 0.15) is 6.10 Å². The molecular formula is C16H34O5Si. The lowest BCUT2D eigenvalue weighted by Gasteiger charge is -2.34. The molecule has 0 aromatic rings. The van der Waals surface area contributed by atoms with Gasteiger partial charge in [0.25, 0.3) is 0 Å². The number of ether oxygens (including phenoxy) is 2. The lowest BCUT2D eigenvalue weighted by atomic mass is 10.2. The molecule has 3 atom stereocenters. The topological polar surface area (TPSA) is 49.5 Å². The van der Waals surface area contributed by atoms with Crippen molar-refractivity contribution in [1.82, 2.24) is 0 Å². The molecule has 0 bridgehead atoms. The molecule has 0 radical (unpaired) electrons. The van der Waals surface area contributed by atoms with Crippen LogP contribution in [0.15, 0.2) is 0 Å². The van der Waals surface area contributed by atoms with E-state index >= 15 is 0 Å². The van der Waals surface area contributed by atoms with Crippen molar-refractivity contribution in [2.24, 2.45) is 0 Å². The molecule has 3 unspecified atom stereocenters. The maximum atomic E-state index is 6.36. The number of epoxide rings is 1. The summed E-state index contributed by atoms with van der Waals surface area (Å²) < 4.78 is 29.5. The average molecular weight is 335 g/mol. The molecule has 0 aliphatic carbocycles. The quantitative estimate of drug-likeness (QED) is 0.360. The predicted molar refractivity (Wildman–Crippen MR) is 89.0 cm³/mol. The van der Waals surface area contributed by atoms with Crippen molar-refractivity contribution >= 4 is 8.80 Å². The lowest BCUT2D eigenvalue weighted by Crippen LogP contribution is -2.50. The first-order chi connectivity index (χ1) is 10.6. The van der Waals surface area contributed by atoms with Gasteiger partial charge in [-0.1, -0.05) is 20.3 Å². The Bertz CT molecular complexity index is 280. The number of hydrogen-bond donors (Lipinski definition) is 0. The molecule has 1 aliphatic heterocycles. The first-order valence-electron chi connectivity index (χ1n) is 8.79. The summed E-state index contributed by atoms with van der Waals surface area (Å²) in [6.07, 6.45) is 3.38. The van der Waals surface area contributed by atoms with Crippen LogP contribution in [-0.4, -0.2) is 53.5 Å². The molecule has 0 N–H and O–H groups in total. The molecule has 1 heterocycles. The molecule has 0 aromatic heterocycles. The first-order valence-corrected chi connectivity index (χ1v) is 10.7. The second-order valence-electron chi connectivity index (χ2n) is 5.71. The minimum Gasteiger partial charge on any atom is -0.374 e. The van der Waals surface area contributed by atoms with Gasteiger partial charge in [-0.15, -0.1) is 0 Å². The van der Waals surface area contributed by atoms with Crippen LogP contribution >= 0.6 is 0 Å². The zero-order valence-electron chi connectivity index (χ0n) is 14.9. The Kier molecular flexibility index (Phi) is 9.78. The average Bonchev–Trinajstić information content (AvgIpc) is 3.30. The van der Waals surface area contributed by atoms with E-state index in [1.165, 1.54) is 0 Å². The van der Waals surface area contributed by atoms with Gasteiger partial charge in [0.15, 0.2) is 0 Å². The second-order valence-corrected chi connectivity index (χ2v) is 8.39. The standard InChI is InChI=1S/C16H34O5Si/c1-6-10-11-22(19-8-3,20-9-4)21-14(5)16(7-2)18-13-15-12-17-15/h14-16H,6-13H2,1-5H3. The van der Waals surface area contributed by atoms with Gasteiger partial charge in [-0.25, -0.2) is 0 Å². The molecule has 6 heteroatoms. The third kappa shape index (κ3) is 7.06. The van der Waals surface area contributed by atoms with Crippen molar-refractivity contribution < 1.29 is 22.8 Å². The van der Waals surface area contributed by atoms with Crippen molar-refractivity contribution in [3.05, 3.63) is 0 Å². The van der Waals surface area contributed by atoms with Crippen LogP contribution in [0.2, 0.25) is 6.04 Å². The Morgan fingerprint density at radius 1 is 1.14 bits per heavy atom. The van der Waals surface area contributed by atoms with Gasteiger partial charge in [0, 0.05) is 19.3 Å². The highest BCUT2D eigenvalue weighted by Gasteiger charge is 2.43. The molecule has 1 saturated heterocycles.